The molecular weight excluding hydrogens is 245 g/mol. The second-order valence-electron chi connectivity index (χ2n) is 4.52. The van der Waals surface area contributed by atoms with Gasteiger partial charge in [-0.3, -0.25) is 5.32 Å². The van der Waals surface area contributed by atoms with Crippen LogP contribution < -0.4 is 11.1 Å². The van der Waals surface area contributed by atoms with E-state index >= 15 is 0 Å². The Morgan fingerprint density at radius 2 is 2.00 bits per heavy atom. The Bertz CT molecular complexity index is 395. The predicted octanol–water partition coefficient (Wildman–Crippen LogP) is 0.490. The van der Waals surface area contributed by atoms with Crippen molar-refractivity contribution in [3.8, 4) is 0 Å². The first kappa shape index (κ1) is 12.1. The summed E-state index contributed by atoms with van der Waals surface area (Å²) in [5.41, 5.74) is 0.393. The molecule has 2 heterocycles. The number of halogens is 3. The molecule has 3 unspecified atom stereocenters. The van der Waals surface area contributed by atoms with Crippen molar-refractivity contribution in [2.45, 2.75) is 48.1 Å². The first-order valence-electron chi connectivity index (χ1n) is 5.02. The highest BCUT2D eigenvalue weighted by atomic mass is 32.2. The van der Waals surface area contributed by atoms with Crippen molar-refractivity contribution in [1.82, 2.24) is 5.32 Å². The third-order valence-corrected chi connectivity index (χ3v) is 5.49. The van der Waals surface area contributed by atoms with Crippen LogP contribution in [0.5, 0.6) is 0 Å². The molecule has 2 rings (SSSR count). The molecule has 0 aromatic carbocycles. The summed E-state index contributed by atoms with van der Waals surface area (Å²) >= 11 is 0. The Morgan fingerprint density at radius 1 is 1.38 bits per heavy atom. The van der Waals surface area contributed by atoms with Crippen LogP contribution in [-0.4, -0.2) is 30.9 Å². The summed E-state index contributed by atoms with van der Waals surface area (Å²) in [6.07, 6.45) is 0.802. The van der Waals surface area contributed by atoms with Gasteiger partial charge in [0.25, 0.3) is 9.84 Å². The zero-order chi connectivity index (χ0) is 12.2. The van der Waals surface area contributed by atoms with Crippen molar-refractivity contribution in [2.24, 2.45) is 5.73 Å². The molecule has 0 saturated carbocycles. The van der Waals surface area contributed by atoms with Crippen molar-refractivity contribution >= 4 is 9.84 Å². The van der Waals surface area contributed by atoms with Gasteiger partial charge < -0.3 is 5.73 Å². The van der Waals surface area contributed by atoms with Crippen LogP contribution in [-0.2, 0) is 9.84 Å². The van der Waals surface area contributed by atoms with Gasteiger partial charge in [0, 0.05) is 12.1 Å². The number of nitrogens with one attached hydrogen (secondary N) is 1. The van der Waals surface area contributed by atoms with E-state index in [1.807, 2.05) is 0 Å². The molecule has 0 aromatic heterocycles. The number of fused-ring (bicyclic) bond motifs is 2. The van der Waals surface area contributed by atoms with E-state index in [1.165, 1.54) is 0 Å². The minimum atomic E-state index is -5.22. The highest BCUT2D eigenvalue weighted by molar-refractivity contribution is 7.93. The second-order valence-corrected chi connectivity index (χ2v) is 6.77. The lowest BCUT2D eigenvalue weighted by Crippen LogP contribution is -2.60. The van der Waals surface area contributed by atoms with Crippen LogP contribution in [0.2, 0.25) is 0 Å². The zero-order valence-electron chi connectivity index (χ0n) is 8.42. The van der Waals surface area contributed by atoms with Crippen LogP contribution >= 0.6 is 0 Å². The average Bonchev–Trinajstić information content (AvgIpc) is 2.41. The van der Waals surface area contributed by atoms with Crippen molar-refractivity contribution in [2.75, 3.05) is 0 Å². The van der Waals surface area contributed by atoms with Crippen LogP contribution in [0.1, 0.15) is 25.7 Å². The van der Waals surface area contributed by atoms with Gasteiger partial charge in [-0.1, -0.05) is 0 Å². The maximum Gasteiger partial charge on any atom is 0.499 e. The number of alkyl halides is 3. The van der Waals surface area contributed by atoms with E-state index in [9.17, 15) is 21.6 Å². The third-order valence-electron chi connectivity index (χ3n) is 3.36. The van der Waals surface area contributed by atoms with Crippen LogP contribution in [0.4, 0.5) is 13.2 Å². The predicted molar refractivity (Wildman–Crippen MR) is 51.1 cm³/mol. The Balaban J connectivity index is 2.40. The largest absolute Gasteiger partial charge is 0.499 e. The average molecular weight is 258 g/mol. The molecule has 0 spiro atoms. The number of nitrogens with two attached hydrogens (primary N) is 1. The summed E-state index contributed by atoms with van der Waals surface area (Å²) in [6.45, 7) is 0. The first-order valence-corrected chi connectivity index (χ1v) is 6.50. The quantitative estimate of drug-likeness (QED) is 0.718. The van der Waals surface area contributed by atoms with Crippen molar-refractivity contribution < 1.29 is 21.6 Å². The molecule has 0 aliphatic carbocycles. The van der Waals surface area contributed by atoms with Crippen LogP contribution in [0.3, 0.4) is 0 Å². The Hall–Kier alpha value is -0.340. The summed E-state index contributed by atoms with van der Waals surface area (Å²) in [7, 11) is -5.19. The molecule has 3 atom stereocenters. The molecule has 94 valence electrons. The second kappa shape index (κ2) is 3.33. The fourth-order valence-corrected chi connectivity index (χ4v) is 4.26. The summed E-state index contributed by atoms with van der Waals surface area (Å²) in [5, 5.41) is 2.59. The lowest BCUT2D eigenvalue weighted by Gasteiger charge is -2.37. The van der Waals surface area contributed by atoms with Crippen molar-refractivity contribution in [3.63, 3.8) is 0 Å². The lowest BCUT2D eigenvalue weighted by atomic mass is 10.0. The molecular formula is C8H13F3N2O2S. The number of sulfone groups is 1. The zero-order valence-corrected chi connectivity index (χ0v) is 9.24. The first-order chi connectivity index (χ1) is 7.18. The van der Waals surface area contributed by atoms with E-state index in [0.29, 0.717) is 12.8 Å². The van der Waals surface area contributed by atoms with Crippen LogP contribution in [0.25, 0.3) is 0 Å². The van der Waals surface area contributed by atoms with Gasteiger partial charge >= 0.3 is 5.51 Å². The van der Waals surface area contributed by atoms with Gasteiger partial charge in [0.05, 0.1) is 0 Å². The van der Waals surface area contributed by atoms with Gasteiger partial charge in [-0.05, 0) is 25.7 Å². The van der Waals surface area contributed by atoms with Crippen LogP contribution in [0, 0.1) is 0 Å². The number of piperidine rings is 1. The fourth-order valence-electron chi connectivity index (χ4n) is 2.68. The fraction of sp³-hybridized carbons (Fsp3) is 1.00. The van der Waals surface area contributed by atoms with E-state index in [1.54, 1.807) is 0 Å². The highest BCUT2D eigenvalue weighted by Crippen LogP contribution is 2.44. The van der Waals surface area contributed by atoms with Gasteiger partial charge in [-0.25, -0.2) is 8.42 Å². The molecule has 2 bridgehead atoms. The molecule has 2 fully saturated rings. The molecule has 0 amide bonds. The van der Waals surface area contributed by atoms with Gasteiger partial charge in [0.2, 0.25) is 0 Å². The van der Waals surface area contributed by atoms with Gasteiger partial charge in [0.15, 0.2) is 0 Å². The number of hydrogen-bond donors (Lipinski definition) is 2. The topological polar surface area (TPSA) is 72.2 Å². The molecule has 2 saturated heterocycles. The van der Waals surface area contributed by atoms with Gasteiger partial charge in [-0.15, -0.1) is 0 Å². The number of hydrogen-bond acceptors (Lipinski definition) is 4. The lowest BCUT2D eigenvalue weighted by molar-refractivity contribution is -0.0468. The minimum absolute atomic E-state index is 0.00674. The van der Waals surface area contributed by atoms with Crippen molar-refractivity contribution in [1.29, 1.82) is 0 Å². The molecule has 8 heteroatoms. The summed E-state index contributed by atoms with van der Waals surface area (Å²) in [4.78, 5) is -1.88. The van der Waals surface area contributed by atoms with Gasteiger partial charge in [0.1, 0.15) is 4.87 Å². The van der Waals surface area contributed by atoms with Crippen molar-refractivity contribution in [3.05, 3.63) is 0 Å². The van der Waals surface area contributed by atoms with E-state index in [2.05, 4.69) is 5.32 Å². The minimum Gasteiger partial charge on any atom is -0.328 e. The summed E-state index contributed by atoms with van der Waals surface area (Å²) < 4.78 is 60.6. The maximum absolute atomic E-state index is 12.5. The molecule has 2 aliphatic heterocycles. The Labute approximate surface area is 91.3 Å². The molecule has 0 radical (unpaired) electrons. The molecule has 16 heavy (non-hydrogen) atoms. The van der Waals surface area contributed by atoms with E-state index < -0.39 is 26.3 Å². The van der Waals surface area contributed by atoms with E-state index in [0.717, 1.165) is 0 Å². The smallest absolute Gasteiger partial charge is 0.328 e. The molecule has 3 N–H and O–H groups in total. The monoisotopic (exact) mass is 258 g/mol. The third kappa shape index (κ3) is 1.54. The molecule has 4 nitrogen and oxygen atoms in total. The molecule has 2 aliphatic rings. The maximum atomic E-state index is 12.5. The standard InChI is InChI=1S/C8H13F3N2O2S/c9-8(10,11)16(14,15)7-2-1-6(13-7)3-5(12)4-7/h5-6,13H,1-4,12H2. The van der Waals surface area contributed by atoms with E-state index in [4.69, 9.17) is 5.73 Å². The molecule has 0 aromatic rings. The highest BCUT2D eigenvalue weighted by Gasteiger charge is 2.63. The number of rotatable bonds is 1. The summed E-state index contributed by atoms with van der Waals surface area (Å²) in [5.74, 6) is 0. The van der Waals surface area contributed by atoms with Crippen LogP contribution in [0.15, 0.2) is 0 Å². The van der Waals surface area contributed by atoms with E-state index in [-0.39, 0.29) is 18.9 Å². The Kier molecular flexibility index (Phi) is 2.52. The summed E-state index contributed by atoms with van der Waals surface area (Å²) in [6, 6.07) is -0.688. The van der Waals surface area contributed by atoms with Gasteiger partial charge in [-0.2, -0.15) is 13.2 Å². The normalized spacial score (nSPS) is 40.0. The Morgan fingerprint density at radius 3 is 2.56 bits per heavy atom. The SMILES string of the molecule is NC1CC2CCC(S(=O)(=O)C(F)(F)F)(C1)N2.